The minimum atomic E-state index is -0.152. The molecule has 1 N–H and O–H groups in total. The van der Waals surface area contributed by atoms with Gasteiger partial charge in [-0.2, -0.15) is 0 Å². The molecule has 0 aliphatic carbocycles. The van der Waals surface area contributed by atoms with Gasteiger partial charge in [0.25, 0.3) is 0 Å². The van der Waals surface area contributed by atoms with Crippen LogP contribution in [0.25, 0.3) is 10.6 Å². The average molecular weight is 288 g/mol. The number of benzene rings is 1. The van der Waals surface area contributed by atoms with Crippen molar-refractivity contribution in [3.63, 3.8) is 0 Å². The number of anilines is 1. The fourth-order valence-electron chi connectivity index (χ4n) is 2.22. The van der Waals surface area contributed by atoms with Crippen molar-refractivity contribution in [3.8, 4) is 16.3 Å². The molecule has 1 aromatic heterocycles. The lowest BCUT2D eigenvalue weighted by atomic mass is 10.1. The third kappa shape index (κ3) is 2.52. The highest BCUT2D eigenvalue weighted by Gasteiger charge is 2.26. The predicted octanol–water partition coefficient (Wildman–Crippen LogP) is 4.52. The van der Waals surface area contributed by atoms with E-state index in [9.17, 15) is 0 Å². The van der Waals surface area contributed by atoms with Crippen LogP contribution in [0, 0.1) is 0 Å². The highest BCUT2D eigenvalue weighted by atomic mass is 32.1. The Morgan fingerprint density at radius 1 is 1.35 bits per heavy atom. The molecule has 106 valence electrons. The van der Waals surface area contributed by atoms with Crippen molar-refractivity contribution in [2.24, 2.45) is 0 Å². The van der Waals surface area contributed by atoms with Crippen molar-refractivity contribution < 1.29 is 4.74 Å². The van der Waals surface area contributed by atoms with E-state index in [2.05, 4.69) is 50.5 Å². The van der Waals surface area contributed by atoms with E-state index in [1.165, 1.54) is 0 Å². The summed E-state index contributed by atoms with van der Waals surface area (Å²) in [6, 6.07) is 6.26. The number of rotatable bonds is 2. The minimum absolute atomic E-state index is 0.152. The summed E-state index contributed by atoms with van der Waals surface area (Å²) in [6.07, 6.45) is 0. The van der Waals surface area contributed by atoms with Gasteiger partial charge >= 0.3 is 0 Å². The van der Waals surface area contributed by atoms with Gasteiger partial charge in [0.1, 0.15) is 16.4 Å². The van der Waals surface area contributed by atoms with Gasteiger partial charge in [0, 0.05) is 10.9 Å². The minimum Gasteiger partial charge on any atom is -0.484 e. The lowest BCUT2D eigenvalue weighted by Gasteiger charge is -2.33. The van der Waals surface area contributed by atoms with Gasteiger partial charge < -0.3 is 10.1 Å². The van der Waals surface area contributed by atoms with Gasteiger partial charge in [0.05, 0.1) is 17.9 Å². The number of nitrogens with zero attached hydrogens (tertiary/aromatic N) is 1. The van der Waals surface area contributed by atoms with E-state index < -0.39 is 0 Å². The molecule has 20 heavy (non-hydrogen) atoms. The van der Waals surface area contributed by atoms with Crippen LogP contribution < -0.4 is 10.1 Å². The molecule has 1 aromatic carbocycles. The highest BCUT2D eigenvalue weighted by molar-refractivity contribution is 7.13. The Kier molecular flexibility index (Phi) is 3.21. The molecule has 4 heteroatoms. The maximum Gasteiger partial charge on any atom is 0.143 e. The second kappa shape index (κ2) is 4.77. The monoisotopic (exact) mass is 288 g/mol. The van der Waals surface area contributed by atoms with Crippen molar-refractivity contribution in [3.05, 3.63) is 29.3 Å². The van der Waals surface area contributed by atoms with Crippen molar-refractivity contribution in [1.29, 1.82) is 0 Å². The maximum atomic E-state index is 5.97. The number of aromatic nitrogens is 1. The lowest BCUT2D eigenvalue weighted by molar-refractivity contribution is 0.116. The molecule has 0 bridgehead atoms. The van der Waals surface area contributed by atoms with E-state index in [4.69, 9.17) is 9.72 Å². The normalized spacial score (nSPS) is 16.4. The zero-order chi connectivity index (χ0) is 14.3. The first-order chi connectivity index (χ1) is 9.44. The third-order valence-corrected chi connectivity index (χ3v) is 4.34. The summed E-state index contributed by atoms with van der Waals surface area (Å²) in [5.74, 6) is 1.39. The Hall–Kier alpha value is -1.55. The summed E-state index contributed by atoms with van der Waals surface area (Å²) in [7, 11) is 0. The molecule has 0 fully saturated rings. The standard InChI is InChI=1S/C16H20N2OS/c1-10(2)13-8-20-15(18-13)11-5-6-14-12(7-11)17-9-16(3,4)19-14/h5-8,10,17H,9H2,1-4H3. The molecule has 1 aliphatic heterocycles. The maximum absolute atomic E-state index is 5.97. The summed E-state index contributed by atoms with van der Waals surface area (Å²) in [5, 5.41) is 6.66. The van der Waals surface area contributed by atoms with E-state index >= 15 is 0 Å². The summed E-state index contributed by atoms with van der Waals surface area (Å²) < 4.78 is 5.97. The van der Waals surface area contributed by atoms with Crippen molar-refractivity contribution in [1.82, 2.24) is 4.98 Å². The van der Waals surface area contributed by atoms with Crippen LogP contribution in [-0.2, 0) is 0 Å². The van der Waals surface area contributed by atoms with Gasteiger partial charge in [-0.25, -0.2) is 4.98 Å². The number of fused-ring (bicyclic) bond motifs is 1. The van der Waals surface area contributed by atoms with Gasteiger partial charge in [0.15, 0.2) is 0 Å². The molecule has 2 aromatic rings. The Labute approximate surface area is 124 Å². The molecular formula is C16H20N2OS. The van der Waals surface area contributed by atoms with Gasteiger partial charge in [-0.3, -0.25) is 0 Å². The summed E-state index contributed by atoms with van der Waals surface area (Å²) in [6.45, 7) is 9.34. The van der Waals surface area contributed by atoms with Crippen LogP contribution in [0.3, 0.4) is 0 Å². The van der Waals surface area contributed by atoms with Gasteiger partial charge in [-0.15, -0.1) is 11.3 Å². The van der Waals surface area contributed by atoms with Crippen molar-refractivity contribution in [2.45, 2.75) is 39.2 Å². The molecular weight excluding hydrogens is 268 g/mol. The molecule has 3 rings (SSSR count). The van der Waals surface area contributed by atoms with E-state index in [1.807, 2.05) is 6.07 Å². The first-order valence-corrected chi connectivity index (χ1v) is 7.85. The zero-order valence-electron chi connectivity index (χ0n) is 12.4. The van der Waals surface area contributed by atoms with E-state index in [0.717, 1.165) is 34.2 Å². The fourth-order valence-corrected chi connectivity index (χ4v) is 3.19. The van der Waals surface area contributed by atoms with Crippen molar-refractivity contribution >= 4 is 17.0 Å². The topological polar surface area (TPSA) is 34.1 Å². The molecule has 0 unspecified atom stereocenters. The SMILES string of the molecule is CC(C)c1csc(-c2ccc3c(c2)NCC(C)(C)O3)n1. The largest absolute Gasteiger partial charge is 0.484 e. The van der Waals surface area contributed by atoms with Crippen molar-refractivity contribution in [2.75, 3.05) is 11.9 Å². The lowest BCUT2D eigenvalue weighted by Crippen LogP contribution is -2.39. The number of thiazole rings is 1. The smallest absolute Gasteiger partial charge is 0.143 e. The Morgan fingerprint density at radius 2 is 2.15 bits per heavy atom. The molecule has 0 saturated carbocycles. The third-order valence-electron chi connectivity index (χ3n) is 3.43. The molecule has 3 nitrogen and oxygen atoms in total. The van der Waals surface area contributed by atoms with E-state index in [-0.39, 0.29) is 5.60 Å². The first-order valence-electron chi connectivity index (χ1n) is 6.97. The van der Waals surface area contributed by atoms with Crippen LogP contribution in [0.1, 0.15) is 39.3 Å². The summed E-state index contributed by atoms with van der Waals surface area (Å²) in [4.78, 5) is 4.71. The van der Waals surface area contributed by atoms with Crippen LogP contribution in [0.4, 0.5) is 5.69 Å². The Balaban J connectivity index is 1.92. The molecule has 1 aliphatic rings. The van der Waals surface area contributed by atoms with Gasteiger partial charge in [-0.1, -0.05) is 13.8 Å². The van der Waals surface area contributed by atoms with Crippen LogP contribution >= 0.6 is 11.3 Å². The molecule has 0 amide bonds. The highest BCUT2D eigenvalue weighted by Crippen LogP contribution is 2.37. The first kappa shape index (κ1) is 13.4. The molecule has 0 spiro atoms. The Morgan fingerprint density at radius 3 is 2.85 bits per heavy atom. The Bertz CT molecular complexity index is 631. The average Bonchev–Trinajstić information content (AvgIpc) is 2.87. The summed E-state index contributed by atoms with van der Waals surface area (Å²) >= 11 is 1.70. The van der Waals surface area contributed by atoms with Gasteiger partial charge in [0.2, 0.25) is 0 Å². The van der Waals surface area contributed by atoms with Gasteiger partial charge in [-0.05, 0) is 38.0 Å². The number of ether oxygens (including phenoxy) is 1. The summed E-state index contributed by atoms with van der Waals surface area (Å²) in [5.41, 5.74) is 3.22. The molecule has 0 saturated heterocycles. The zero-order valence-corrected chi connectivity index (χ0v) is 13.2. The molecule has 0 atom stereocenters. The van der Waals surface area contributed by atoms with Crippen LogP contribution in [0.15, 0.2) is 23.6 Å². The number of hydrogen-bond donors (Lipinski definition) is 1. The fraction of sp³-hybridized carbons (Fsp3) is 0.438. The second-order valence-electron chi connectivity index (χ2n) is 6.16. The van der Waals surface area contributed by atoms with Crippen LogP contribution in [-0.4, -0.2) is 17.1 Å². The molecule has 2 heterocycles. The van der Waals surface area contributed by atoms with E-state index in [0.29, 0.717) is 5.92 Å². The second-order valence-corrected chi connectivity index (χ2v) is 7.02. The molecule has 0 radical (unpaired) electrons. The quantitative estimate of drug-likeness (QED) is 0.882. The van der Waals surface area contributed by atoms with E-state index in [1.54, 1.807) is 11.3 Å². The number of nitrogens with one attached hydrogen (secondary N) is 1. The van der Waals surface area contributed by atoms with Crippen LogP contribution in [0.2, 0.25) is 0 Å². The number of hydrogen-bond acceptors (Lipinski definition) is 4. The predicted molar refractivity (Wildman–Crippen MR) is 84.8 cm³/mol. The van der Waals surface area contributed by atoms with Crippen LogP contribution in [0.5, 0.6) is 5.75 Å².